The molecule has 2 aromatic rings. The molecule has 1 aliphatic rings. The van der Waals surface area contributed by atoms with Crippen molar-refractivity contribution >= 4 is 28.9 Å². The van der Waals surface area contributed by atoms with E-state index in [1.807, 2.05) is 26.0 Å². The summed E-state index contributed by atoms with van der Waals surface area (Å²) in [6.45, 7) is 5.50. The lowest BCUT2D eigenvalue weighted by molar-refractivity contribution is -0.137. The number of rotatable bonds is 3. The predicted molar refractivity (Wildman–Crippen MR) is 110 cm³/mol. The van der Waals surface area contributed by atoms with Crippen molar-refractivity contribution in [1.29, 1.82) is 0 Å². The maximum Gasteiger partial charge on any atom is 0.416 e. The Morgan fingerprint density at radius 2 is 1.79 bits per heavy atom. The molecule has 2 aromatic carbocycles. The Balaban J connectivity index is 2.00. The highest BCUT2D eigenvalue weighted by Crippen LogP contribution is 2.34. The molecule has 29 heavy (non-hydrogen) atoms. The summed E-state index contributed by atoms with van der Waals surface area (Å²) in [5.41, 5.74) is 2.86. The second-order valence-electron chi connectivity index (χ2n) is 6.89. The molecule has 0 radical (unpaired) electrons. The molecule has 3 rings (SSSR count). The summed E-state index contributed by atoms with van der Waals surface area (Å²) >= 11 is 5.16. The van der Waals surface area contributed by atoms with Crippen LogP contribution in [0.25, 0.3) is 0 Å². The molecule has 0 saturated carbocycles. The van der Waals surface area contributed by atoms with Gasteiger partial charge in [-0.3, -0.25) is 4.79 Å². The van der Waals surface area contributed by atoms with Crippen molar-refractivity contribution in [1.82, 2.24) is 10.6 Å². The van der Waals surface area contributed by atoms with Gasteiger partial charge in [-0.15, -0.1) is 0 Å². The van der Waals surface area contributed by atoms with E-state index < -0.39 is 23.7 Å². The molecule has 1 heterocycles. The fourth-order valence-corrected chi connectivity index (χ4v) is 3.49. The summed E-state index contributed by atoms with van der Waals surface area (Å²) in [6.07, 6.45) is -4.48. The molecule has 1 amide bonds. The number of aryl methyl sites for hydroxylation is 1. The van der Waals surface area contributed by atoms with Crippen molar-refractivity contribution in [2.75, 3.05) is 5.32 Å². The molecule has 152 valence electrons. The van der Waals surface area contributed by atoms with Crippen LogP contribution in [0, 0.1) is 13.8 Å². The first-order valence-electron chi connectivity index (χ1n) is 8.91. The van der Waals surface area contributed by atoms with E-state index in [1.165, 1.54) is 6.07 Å². The third-order valence-corrected chi connectivity index (χ3v) is 5.13. The van der Waals surface area contributed by atoms with Crippen molar-refractivity contribution in [2.45, 2.75) is 33.0 Å². The van der Waals surface area contributed by atoms with Crippen LogP contribution in [0.1, 0.15) is 35.2 Å². The van der Waals surface area contributed by atoms with E-state index in [9.17, 15) is 18.0 Å². The molecule has 8 heteroatoms. The Morgan fingerprint density at radius 3 is 2.48 bits per heavy atom. The zero-order valence-electron chi connectivity index (χ0n) is 16.1. The van der Waals surface area contributed by atoms with E-state index >= 15 is 0 Å². The van der Waals surface area contributed by atoms with Gasteiger partial charge in [0, 0.05) is 11.4 Å². The van der Waals surface area contributed by atoms with Gasteiger partial charge in [-0.1, -0.05) is 24.3 Å². The van der Waals surface area contributed by atoms with Crippen LogP contribution in [0.5, 0.6) is 0 Å². The Morgan fingerprint density at radius 1 is 1.10 bits per heavy atom. The Labute approximate surface area is 172 Å². The predicted octanol–water partition coefficient (Wildman–Crippen LogP) is 4.75. The molecule has 1 aliphatic heterocycles. The first kappa shape index (κ1) is 20.9. The monoisotopic (exact) mass is 419 g/mol. The number of benzene rings is 2. The zero-order chi connectivity index (χ0) is 21.3. The van der Waals surface area contributed by atoms with Crippen LogP contribution in [0.15, 0.2) is 53.7 Å². The molecule has 0 aliphatic carbocycles. The average molecular weight is 419 g/mol. The summed E-state index contributed by atoms with van der Waals surface area (Å²) in [4.78, 5) is 13.1. The quantitative estimate of drug-likeness (QED) is 0.629. The summed E-state index contributed by atoms with van der Waals surface area (Å²) in [5.74, 6) is -0.416. The molecular formula is C21H20F3N3OS. The van der Waals surface area contributed by atoms with Gasteiger partial charge in [0.1, 0.15) is 0 Å². The number of carbonyl (C=O) groups is 1. The summed E-state index contributed by atoms with van der Waals surface area (Å²) in [7, 11) is 0. The molecule has 0 fully saturated rings. The van der Waals surface area contributed by atoms with Crippen LogP contribution < -0.4 is 16.0 Å². The lowest BCUT2D eigenvalue weighted by Gasteiger charge is -2.31. The molecule has 3 N–H and O–H groups in total. The molecule has 0 aromatic heterocycles. The SMILES string of the molecule is CC1=C(C(=O)Nc2cccc(C)c2C)[C@H](c2cccc(C(F)(F)F)c2)NC(=S)N1. The smallest absolute Gasteiger partial charge is 0.351 e. The largest absolute Gasteiger partial charge is 0.416 e. The molecule has 0 spiro atoms. The minimum Gasteiger partial charge on any atom is -0.351 e. The normalized spacial score (nSPS) is 16.9. The van der Waals surface area contributed by atoms with Crippen LogP contribution in [0.4, 0.5) is 18.9 Å². The summed E-state index contributed by atoms with van der Waals surface area (Å²) < 4.78 is 39.5. The van der Waals surface area contributed by atoms with E-state index in [4.69, 9.17) is 12.2 Å². The molecule has 1 atom stereocenters. The second-order valence-corrected chi connectivity index (χ2v) is 7.30. The third-order valence-electron chi connectivity index (χ3n) is 4.91. The Kier molecular flexibility index (Phi) is 5.66. The first-order valence-corrected chi connectivity index (χ1v) is 9.31. The second kappa shape index (κ2) is 7.87. The van der Waals surface area contributed by atoms with E-state index in [-0.39, 0.29) is 10.7 Å². The highest BCUT2D eigenvalue weighted by Gasteiger charge is 2.34. The van der Waals surface area contributed by atoms with Gasteiger partial charge < -0.3 is 16.0 Å². The fraction of sp³-hybridized carbons (Fsp3) is 0.238. The van der Waals surface area contributed by atoms with Gasteiger partial charge in [0.2, 0.25) is 0 Å². The number of thiocarbonyl (C=S) groups is 1. The van der Waals surface area contributed by atoms with Gasteiger partial charge in [0.15, 0.2) is 5.11 Å². The highest BCUT2D eigenvalue weighted by molar-refractivity contribution is 7.80. The number of carbonyl (C=O) groups excluding carboxylic acids is 1. The van der Waals surface area contributed by atoms with Crippen LogP contribution in [-0.4, -0.2) is 11.0 Å². The van der Waals surface area contributed by atoms with Gasteiger partial charge in [-0.25, -0.2) is 0 Å². The number of halogens is 3. The Bertz CT molecular complexity index is 1010. The van der Waals surface area contributed by atoms with Gasteiger partial charge in [-0.2, -0.15) is 13.2 Å². The van der Waals surface area contributed by atoms with Crippen molar-refractivity contribution in [3.8, 4) is 0 Å². The van der Waals surface area contributed by atoms with E-state index in [1.54, 1.807) is 19.1 Å². The number of amides is 1. The number of nitrogens with one attached hydrogen (secondary N) is 3. The maximum absolute atomic E-state index is 13.2. The van der Waals surface area contributed by atoms with Crippen LogP contribution >= 0.6 is 12.2 Å². The lowest BCUT2D eigenvalue weighted by Crippen LogP contribution is -2.45. The minimum atomic E-state index is -4.48. The van der Waals surface area contributed by atoms with Gasteiger partial charge in [0.05, 0.1) is 17.2 Å². The van der Waals surface area contributed by atoms with E-state index in [0.717, 1.165) is 23.3 Å². The Hall–Kier alpha value is -2.87. The minimum absolute atomic E-state index is 0.244. The average Bonchev–Trinajstić information content (AvgIpc) is 2.64. The maximum atomic E-state index is 13.2. The molecule has 4 nitrogen and oxygen atoms in total. The van der Waals surface area contributed by atoms with Gasteiger partial charge >= 0.3 is 6.18 Å². The molecular weight excluding hydrogens is 399 g/mol. The standard InChI is InChI=1S/C21H20F3N3OS/c1-11-6-4-9-16(12(11)2)26-19(28)17-13(3)25-20(29)27-18(17)14-7-5-8-15(10-14)21(22,23)24/h4-10,18H,1-3H3,(H,26,28)(H2,25,27,29)/t18-/m0/s1. The summed E-state index contributed by atoms with van der Waals surface area (Å²) in [6, 6.07) is 9.62. The number of allylic oxidation sites excluding steroid dienone is 1. The summed E-state index contributed by atoms with van der Waals surface area (Å²) in [5, 5.41) is 8.91. The van der Waals surface area contributed by atoms with Crippen molar-refractivity contribution in [3.63, 3.8) is 0 Å². The number of anilines is 1. The molecule has 0 saturated heterocycles. The topological polar surface area (TPSA) is 53.2 Å². The number of hydrogen-bond donors (Lipinski definition) is 3. The van der Waals surface area contributed by atoms with Gasteiger partial charge in [-0.05, 0) is 67.9 Å². The first-order chi connectivity index (χ1) is 13.6. The van der Waals surface area contributed by atoms with Crippen molar-refractivity contribution in [3.05, 3.63) is 76.0 Å². The van der Waals surface area contributed by atoms with Gasteiger partial charge in [0.25, 0.3) is 5.91 Å². The van der Waals surface area contributed by atoms with Crippen LogP contribution in [0.3, 0.4) is 0 Å². The highest BCUT2D eigenvalue weighted by atomic mass is 32.1. The number of alkyl halides is 3. The van der Waals surface area contributed by atoms with Crippen molar-refractivity contribution in [2.24, 2.45) is 0 Å². The van der Waals surface area contributed by atoms with Crippen LogP contribution in [0.2, 0.25) is 0 Å². The third kappa shape index (κ3) is 4.42. The molecule has 0 bridgehead atoms. The fourth-order valence-electron chi connectivity index (χ4n) is 3.22. The zero-order valence-corrected chi connectivity index (χ0v) is 16.9. The lowest BCUT2D eigenvalue weighted by atomic mass is 9.93. The van der Waals surface area contributed by atoms with E-state index in [2.05, 4.69) is 16.0 Å². The van der Waals surface area contributed by atoms with Crippen molar-refractivity contribution < 1.29 is 18.0 Å². The molecule has 0 unspecified atom stereocenters. The van der Waals surface area contributed by atoms with Crippen LogP contribution in [-0.2, 0) is 11.0 Å². The van der Waals surface area contributed by atoms with E-state index in [0.29, 0.717) is 16.9 Å². The number of hydrogen-bond acceptors (Lipinski definition) is 2.